The third kappa shape index (κ3) is 5.40. The Kier molecular flexibility index (Phi) is 8.66. The number of nitrogens with zero attached hydrogens (tertiary/aromatic N) is 3. The summed E-state index contributed by atoms with van der Waals surface area (Å²) in [7, 11) is 0. The molecule has 3 aliphatic rings. The van der Waals surface area contributed by atoms with Gasteiger partial charge < -0.3 is 15.0 Å². The molecule has 1 aromatic rings. The number of likely N-dealkylation sites (tertiary alicyclic amines) is 3. The molecule has 2 N–H and O–H groups in total. The van der Waals surface area contributed by atoms with Gasteiger partial charge in [-0.15, -0.1) is 0 Å². The van der Waals surface area contributed by atoms with Crippen LogP contribution in [0.5, 0.6) is 5.06 Å². The van der Waals surface area contributed by atoms with Crippen LogP contribution in [-0.2, 0) is 9.59 Å². The second kappa shape index (κ2) is 11.6. The molecule has 5 amide bonds. The fraction of sp³-hybridized carbons (Fsp3) is 0.704. The van der Waals surface area contributed by atoms with Crippen LogP contribution in [0.25, 0.3) is 0 Å². The van der Waals surface area contributed by atoms with E-state index in [0.29, 0.717) is 54.8 Å². The van der Waals surface area contributed by atoms with E-state index in [2.05, 4.69) is 15.5 Å². The number of piperidine rings is 2. The number of hydrogen-bond donors (Lipinski definition) is 2. The lowest BCUT2D eigenvalue weighted by Crippen LogP contribution is -2.54. The maximum Gasteiger partial charge on any atom is 0.319 e. The summed E-state index contributed by atoms with van der Waals surface area (Å²) in [6, 6.07) is -0.197. The average Bonchev–Trinajstić information content (AvgIpc) is 3.30. The summed E-state index contributed by atoms with van der Waals surface area (Å²) in [5, 5.41) is 6.69. The average molecular weight is 548 g/mol. The predicted molar refractivity (Wildman–Crippen MR) is 147 cm³/mol. The van der Waals surface area contributed by atoms with E-state index in [1.807, 2.05) is 39.5 Å². The standard InChI is InChI=1S/C27H41N5O5S/c1-6-28-26(36)29-22-21(18(5)24(38-22)37-7-2)23(34)30-13-9-19(10-14-30)31-12-8-11-27(16-31)15-20(33)32(17(3)4)25(27)35/h17,19H,6-16H2,1-5H3,(H2,28,29,36). The molecular weight excluding hydrogens is 506 g/mol. The van der Waals surface area contributed by atoms with E-state index in [1.165, 1.54) is 16.2 Å². The Morgan fingerprint density at radius 1 is 1.16 bits per heavy atom. The number of hydrogen-bond acceptors (Lipinski definition) is 7. The molecule has 3 fully saturated rings. The van der Waals surface area contributed by atoms with Crippen molar-refractivity contribution >= 4 is 40.1 Å². The normalized spacial score (nSPS) is 23.0. The minimum atomic E-state index is -0.602. The van der Waals surface area contributed by atoms with Crippen molar-refractivity contribution in [2.75, 3.05) is 44.6 Å². The highest BCUT2D eigenvalue weighted by atomic mass is 32.1. The minimum absolute atomic E-state index is 0.0139. The number of rotatable bonds is 7. The van der Waals surface area contributed by atoms with E-state index in [0.717, 1.165) is 37.8 Å². The number of carbonyl (C=O) groups excluding carboxylic acids is 4. The summed E-state index contributed by atoms with van der Waals surface area (Å²) in [5.41, 5.74) is 0.632. The number of carbonyl (C=O) groups is 4. The second-order valence-corrected chi connectivity index (χ2v) is 11.8. The predicted octanol–water partition coefficient (Wildman–Crippen LogP) is 3.45. The highest BCUT2D eigenvalue weighted by Crippen LogP contribution is 2.43. The van der Waals surface area contributed by atoms with Crippen LogP contribution >= 0.6 is 11.3 Å². The molecule has 11 heteroatoms. The first kappa shape index (κ1) is 28.4. The van der Waals surface area contributed by atoms with Crippen molar-refractivity contribution in [1.29, 1.82) is 0 Å². The van der Waals surface area contributed by atoms with Crippen LogP contribution in [0.4, 0.5) is 9.80 Å². The van der Waals surface area contributed by atoms with Crippen LogP contribution in [-0.4, -0.2) is 89.9 Å². The first-order valence-electron chi connectivity index (χ1n) is 13.8. The molecule has 1 atom stereocenters. The van der Waals surface area contributed by atoms with Crippen molar-refractivity contribution in [1.82, 2.24) is 20.0 Å². The Balaban J connectivity index is 1.43. The zero-order chi connectivity index (χ0) is 27.6. The lowest BCUT2D eigenvalue weighted by Gasteiger charge is -2.45. The van der Waals surface area contributed by atoms with E-state index < -0.39 is 5.41 Å². The van der Waals surface area contributed by atoms with E-state index in [-0.39, 0.29) is 35.8 Å². The Hall–Kier alpha value is -2.66. The number of ether oxygens (including phenoxy) is 1. The summed E-state index contributed by atoms with van der Waals surface area (Å²) >= 11 is 1.28. The molecule has 1 spiro atoms. The van der Waals surface area contributed by atoms with Crippen molar-refractivity contribution in [2.24, 2.45) is 5.41 Å². The van der Waals surface area contributed by atoms with Gasteiger partial charge in [-0.1, -0.05) is 11.3 Å². The lowest BCUT2D eigenvalue weighted by atomic mass is 9.77. The van der Waals surface area contributed by atoms with Crippen LogP contribution in [0, 0.1) is 12.3 Å². The summed E-state index contributed by atoms with van der Waals surface area (Å²) in [4.78, 5) is 57.5. The number of amides is 5. The van der Waals surface area contributed by atoms with Crippen molar-refractivity contribution in [3.05, 3.63) is 11.1 Å². The van der Waals surface area contributed by atoms with Gasteiger partial charge >= 0.3 is 6.03 Å². The highest BCUT2D eigenvalue weighted by Gasteiger charge is 2.54. The van der Waals surface area contributed by atoms with Gasteiger partial charge in [0.05, 0.1) is 17.6 Å². The molecule has 38 heavy (non-hydrogen) atoms. The van der Waals surface area contributed by atoms with Crippen LogP contribution < -0.4 is 15.4 Å². The highest BCUT2D eigenvalue weighted by molar-refractivity contribution is 7.18. The van der Waals surface area contributed by atoms with Crippen molar-refractivity contribution < 1.29 is 23.9 Å². The Bertz CT molecular complexity index is 1080. The fourth-order valence-electron chi connectivity index (χ4n) is 6.15. The largest absolute Gasteiger partial charge is 0.484 e. The third-order valence-electron chi connectivity index (χ3n) is 7.98. The molecule has 0 aliphatic carbocycles. The quantitative estimate of drug-likeness (QED) is 0.506. The second-order valence-electron chi connectivity index (χ2n) is 10.9. The summed E-state index contributed by atoms with van der Waals surface area (Å²) in [6.45, 7) is 13.0. The summed E-state index contributed by atoms with van der Waals surface area (Å²) < 4.78 is 5.73. The lowest BCUT2D eigenvalue weighted by molar-refractivity contribution is -0.145. The maximum atomic E-state index is 13.7. The maximum absolute atomic E-state index is 13.7. The first-order chi connectivity index (χ1) is 18.1. The Morgan fingerprint density at radius 3 is 2.47 bits per heavy atom. The van der Waals surface area contributed by atoms with Gasteiger partial charge in [-0.2, -0.15) is 0 Å². The molecule has 10 nitrogen and oxygen atoms in total. The van der Waals surface area contributed by atoms with Gasteiger partial charge in [-0.05, 0) is 66.8 Å². The topological polar surface area (TPSA) is 111 Å². The number of imide groups is 1. The van der Waals surface area contributed by atoms with Gasteiger partial charge in [0.15, 0.2) is 5.06 Å². The van der Waals surface area contributed by atoms with Crippen LogP contribution in [0.1, 0.15) is 75.7 Å². The molecule has 4 rings (SSSR count). The molecule has 0 bridgehead atoms. The van der Waals surface area contributed by atoms with Crippen LogP contribution in [0.15, 0.2) is 0 Å². The van der Waals surface area contributed by atoms with Gasteiger partial charge in [0.25, 0.3) is 5.91 Å². The van der Waals surface area contributed by atoms with Crippen LogP contribution in [0.2, 0.25) is 0 Å². The minimum Gasteiger partial charge on any atom is -0.484 e. The molecule has 210 valence electrons. The monoisotopic (exact) mass is 547 g/mol. The molecule has 3 aliphatic heterocycles. The van der Waals surface area contributed by atoms with Gasteiger partial charge in [-0.25, -0.2) is 4.79 Å². The molecule has 0 radical (unpaired) electrons. The summed E-state index contributed by atoms with van der Waals surface area (Å²) in [5.74, 6) is -0.170. The molecule has 4 heterocycles. The Morgan fingerprint density at radius 2 is 1.87 bits per heavy atom. The summed E-state index contributed by atoms with van der Waals surface area (Å²) in [6.07, 6.45) is 3.57. The Labute approximate surface area is 229 Å². The zero-order valence-electron chi connectivity index (χ0n) is 23.2. The number of thiophene rings is 1. The fourth-order valence-corrected chi connectivity index (χ4v) is 7.25. The van der Waals surface area contributed by atoms with E-state index in [4.69, 9.17) is 4.74 Å². The van der Waals surface area contributed by atoms with Crippen molar-refractivity contribution in [3.8, 4) is 5.06 Å². The van der Waals surface area contributed by atoms with Crippen molar-refractivity contribution in [3.63, 3.8) is 0 Å². The zero-order valence-corrected chi connectivity index (χ0v) is 24.0. The van der Waals surface area contributed by atoms with Gasteiger partial charge in [-0.3, -0.25) is 29.5 Å². The third-order valence-corrected chi connectivity index (χ3v) is 9.10. The SMILES string of the molecule is CCNC(=O)Nc1sc(OCC)c(C)c1C(=O)N1CCC(N2CCCC3(CC(=O)N(C(C)C)C3=O)C2)CC1. The first-order valence-corrected chi connectivity index (χ1v) is 14.6. The van der Waals surface area contributed by atoms with Crippen LogP contribution in [0.3, 0.4) is 0 Å². The molecular formula is C27H41N5O5S. The van der Waals surface area contributed by atoms with Gasteiger partial charge in [0, 0.05) is 50.2 Å². The van der Waals surface area contributed by atoms with E-state index in [9.17, 15) is 19.2 Å². The van der Waals surface area contributed by atoms with Gasteiger partial charge in [0.1, 0.15) is 5.00 Å². The molecule has 3 saturated heterocycles. The number of nitrogens with one attached hydrogen (secondary N) is 2. The van der Waals surface area contributed by atoms with Crippen molar-refractivity contribution in [2.45, 2.75) is 78.8 Å². The van der Waals surface area contributed by atoms with E-state index >= 15 is 0 Å². The molecule has 1 unspecified atom stereocenters. The van der Waals surface area contributed by atoms with Gasteiger partial charge in [0.2, 0.25) is 11.8 Å². The smallest absolute Gasteiger partial charge is 0.319 e. The molecule has 1 aromatic heterocycles. The molecule has 0 aromatic carbocycles. The number of anilines is 1. The number of urea groups is 1. The van der Waals surface area contributed by atoms with E-state index in [1.54, 1.807) is 0 Å². The molecule has 0 saturated carbocycles.